The van der Waals surface area contributed by atoms with Gasteiger partial charge in [-0.3, -0.25) is 4.79 Å². The molecule has 0 atom stereocenters. The zero-order valence-corrected chi connectivity index (χ0v) is 16.7. The highest BCUT2D eigenvalue weighted by Crippen LogP contribution is 2.22. The fourth-order valence-electron chi connectivity index (χ4n) is 3.27. The van der Waals surface area contributed by atoms with E-state index >= 15 is 0 Å². The number of methoxy groups -OCH3 is 1. The summed E-state index contributed by atoms with van der Waals surface area (Å²) in [6.07, 6.45) is 1.17. The molecule has 0 spiro atoms. The summed E-state index contributed by atoms with van der Waals surface area (Å²) in [7, 11) is -2.56. The van der Waals surface area contributed by atoms with Gasteiger partial charge in [-0.05, 0) is 49.1 Å². The van der Waals surface area contributed by atoms with Crippen molar-refractivity contribution < 1.29 is 26.7 Å². The molecule has 0 aliphatic carbocycles. The first kappa shape index (κ1) is 21.2. The van der Waals surface area contributed by atoms with Gasteiger partial charge in [-0.1, -0.05) is 12.1 Å². The van der Waals surface area contributed by atoms with E-state index in [0.29, 0.717) is 25.9 Å². The number of nitrogens with zero attached hydrogens (tertiary/aromatic N) is 1. The third-order valence-electron chi connectivity index (χ3n) is 5.00. The van der Waals surface area contributed by atoms with Gasteiger partial charge in [0.15, 0.2) is 11.6 Å². The predicted molar refractivity (Wildman–Crippen MR) is 103 cm³/mol. The monoisotopic (exact) mass is 424 g/mol. The van der Waals surface area contributed by atoms with Gasteiger partial charge in [0, 0.05) is 19.6 Å². The van der Waals surface area contributed by atoms with Crippen LogP contribution in [0.1, 0.15) is 23.2 Å². The quantitative estimate of drug-likeness (QED) is 0.774. The fourth-order valence-corrected chi connectivity index (χ4v) is 4.40. The van der Waals surface area contributed by atoms with E-state index in [1.165, 1.54) is 37.4 Å². The van der Waals surface area contributed by atoms with Gasteiger partial charge in [-0.2, -0.15) is 0 Å². The molecule has 2 aromatic carbocycles. The van der Waals surface area contributed by atoms with Crippen LogP contribution in [-0.4, -0.2) is 46.0 Å². The third kappa shape index (κ3) is 4.91. The van der Waals surface area contributed by atoms with E-state index in [4.69, 9.17) is 4.74 Å². The number of halogens is 2. The summed E-state index contributed by atoms with van der Waals surface area (Å²) >= 11 is 0. The van der Waals surface area contributed by atoms with Crippen LogP contribution in [0.3, 0.4) is 0 Å². The van der Waals surface area contributed by atoms with Gasteiger partial charge in [0.05, 0.1) is 17.6 Å². The average molecular weight is 424 g/mol. The first-order valence-electron chi connectivity index (χ1n) is 9.19. The molecule has 0 bridgehead atoms. The van der Waals surface area contributed by atoms with E-state index in [1.807, 2.05) is 0 Å². The van der Waals surface area contributed by atoms with Crippen LogP contribution in [0.4, 0.5) is 8.78 Å². The van der Waals surface area contributed by atoms with Crippen molar-refractivity contribution in [1.82, 2.24) is 9.62 Å². The number of benzene rings is 2. The van der Waals surface area contributed by atoms with E-state index in [2.05, 4.69) is 4.72 Å². The standard InChI is InChI=1S/C20H22F2N2O4S/c1-28-19-7-6-15(12-18(19)22)29(26,27)23-13-14-8-10-24(11-9-14)20(25)16-4-2-3-5-17(16)21/h2-7,12,14,23H,8-11,13H2,1H3. The Morgan fingerprint density at radius 1 is 1.14 bits per heavy atom. The van der Waals surface area contributed by atoms with Gasteiger partial charge >= 0.3 is 0 Å². The number of ether oxygens (including phenoxy) is 1. The molecular weight excluding hydrogens is 402 g/mol. The lowest BCUT2D eigenvalue weighted by Crippen LogP contribution is -2.41. The van der Waals surface area contributed by atoms with Crippen molar-refractivity contribution in [1.29, 1.82) is 0 Å². The minimum absolute atomic E-state index is 0.0255. The lowest BCUT2D eigenvalue weighted by Gasteiger charge is -2.32. The first-order valence-corrected chi connectivity index (χ1v) is 10.7. The van der Waals surface area contributed by atoms with Crippen molar-refractivity contribution in [3.8, 4) is 5.75 Å². The molecule has 1 fully saturated rings. The van der Waals surface area contributed by atoms with Crippen molar-refractivity contribution >= 4 is 15.9 Å². The van der Waals surface area contributed by atoms with E-state index in [1.54, 1.807) is 11.0 Å². The molecular formula is C20H22F2N2O4S. The second-order valence-corrected chi connectivity index (χ2v) is 8.63. The summed E-state index contributed by atoms with van der Waals surface area (Å²) in [5.74, 6) is -1.68. The molecule has 3 rings (SSSR count). The Morgan fingerprint density at radius 2 is 1.83 bits per heavy atom. The number of sulfonamides is 1. The van der Waals surface area contributed by atoms with Gasteiger partial charge in [0.2, 0.25) is 10.0 Å². The van der Waals surface area contributed by atoms with Crippen LogP contribution in [0.2, 0.25) is 0 Å². The third-order valence-corrected chi connectivity index (χ3v) is 6.42. The molecule has 29 heavy (non-hydrogen) atoms. The van der Waals surface area contributed by atoms with Crippen LogP contribution >= 0.6 is 0 Å². The minimum Gasteiger partial charge on any atom is -0.494 e. The van der Waals surface area contributed by atoms with E-state index in [0.717, 1.165) is 6.07 Å². The Balaban J connectivity index is 1.55. The Hall–Kier alpha value is -2.52. The number of likely N-dealkylation sites (tertiary alicyclic amines) is 1. The maximum Gasteiger partial charge on any atom is 0.256 e. The molecule has 1 aliphatic rings. The molecule has 1 N–H and O–H groups in total. The molecule has 1 heterocycles. The number of hydrogen-bond acceptors (Lipinski definition) is 4. The molecule has 9 heteroatoms. The lowest BCUT2D eigenvalue weighted by molar-refractivity contribution is 0.0687. The number of hydrogen-bond donors (Lipinski definition) is 1. The van der Waals surface area contributed by atoms with Crippen LogP contribution in [0.15, 0.2) is 47.4 Å². The maximum atomic E-state index is 13.8. The summed E-state index contributed by atoms with van der Waals surface area (Å²) in [4.78, 5) is 13.8. The van der Waals surface area contributed by atoms with Crippen molar-refractivity contribution in [3.05, 3.63) is 59.7 Å². The highest BCUT2D eigenvalue weighted by molar-refractivity contribution is 7.89. The van der Waals surface area contributed by atoms with Gasteiger partial charge in [-0.25, -0.2) is 21.9 Å². The zero-order chi connectivity index (χ0) is 21.0. The van der Waals surface area contributed by atoms with Crippen molar-refractivity contribution in [2.45, 2.75) is 17.7 Å². The predicted octanol–water partition coefficient (Wildman–Crippen LogP) is 2.80. The smallest absolute Gasteiger partial charge is 0.256 e. The lowest BCUT2D eigenvalue weighted by atomic mass is 9.96. The number of piperidine rings is 1. The van der Waals surface area contributed by atoms with Crippen LogP contribution in [0, 0.1) is 17.6 Å². The Kier molecular flexibility index (Phi) is 6.49. The second kappa shape index (κ2) is 8.87. The van der Waals surface area contributed by atoms with Gasteiger partial charge < -0.3 is 9.64 Å². The molecule has 156 valence electrons. The molecule has 2 aromatic rings. The van der Waals surface area contributed by atoms with E-state index < -0.39 is 21.7 Å². The highest BCUT2D eigenvalue weighted by Gasteiger charge is 2.26. The molecule has 0 aromatic heterocycles. The summed E-state index contributed by atoms with van der Waals surface area (Å²) < 4.78 is 59.7. The average Bonchev–Trinajstić information content (AvgIpc) is 2.72. The SMILES string of the molecule is COc1ccc(S(=O)(=O)NCC2CCN(C(=O)c3ccccc3F)CC2)cc1F. The van der Waals surface area contributed by atoms with Gasteiger partial charge in [0.1, 0.15) is 5.82 Å². The molecule has 0 saturated carbocycles. The fraction of sp³-hybridized carbons (Fsp3) is 0.350. The van der Waals surface area contributed by atoms with Crippen LogP contribution in [0.5, 0.6) is 5.75 Å². The normalized spacial score (nSPS) is 15.3. The van der Waals surface area contributed by atoms with Crippen LogP contribution in [-0.2, 0) is 10.0 Å². The number of amides is 1. The van der Waals surface area contributed by atoms with Crippen LogP contribution in [0.25, 0.3) is 0 Å². The topological polar surface area (TPSA) is 75.7 Å². The summed E-state index contributed by atoms with van der Waals surface area (Å²) in [6, 6.07) is 9.29. The van der Waals surface area contributed by atoms with Crippen molar-refractivity contribution in [3.63, 3.8) is 0 Å². The van der Waals surface area contributed by atoms with Crippen LogP contribution < -0.4 is 9.46 Å². The molecule has 0 radical (unpaired) electrons. The van der Waals surface area contributed by atoms with E-state index in [9.17, 15) is 22.0 Å². The molecule has 1 saturated heterocycles. The Bertz CT molecular complexity index is 990. The maximum absolute atomic E-state index is 13.8. The summed E-state index contributed by atoms with van der Waals surface area (Å²) in [6.45, 7) is 1.01. The second-order valence-electron chi connectivity index (χ2n) is 6.86. The molecule has 6 nitrogen and oxygen atoms in total. The van der Waals surface area contributed by atoms with Crippen molar-refractivity contribution in [2.24, 2.45) is 5.92 Å². The van der Waals surface area contributed by atoms with Crippen molar-refractivity contribution in [2.75, 3.05) is 26.7 Å². The molecule has 1 aliphatic heterocycles. The molecule has 0 unspecified atom stereocenters. The number of carbonyl (C=O) groups excluding carboxylic acids is 1. The number of rotatable bonds is 6. The highest BCUT2D eigenvalue weighted by atomic mass is 32.2. The van der Waals surface area contributed by atoms with Gasteiger partial charge in [-0.15, -0.1) is 0 Å². The first-order chi connectivity index (χ1) is 13.8. The zero-order valence-electron chi connectivity index (χ0n) is 15.9. The summed E-state index contributed by atoms with van der Waals surface area (Å²) in [5.41, 5.74) is 0.0354. The molecule has 1 amide bonds. The number of nitrogens with one attached hydrogen (secondary N) is 1. The largest absolute Gasteiger partial charge is 0.494 e. The summed E-state index contributed by atoms with van der Waals surface area (Å²) in [5, 5.41) is 0. The van der Waals surface area contributed by atoms with E-state index in [-0.39, 0.29) is 34.6 Å². The Labute approximate surface area is 168 Å². The Morgan fingerprint density at radius 3 is 2.45 bits per heavy atom. The van der Waals surface area contributed by atoms with Gasteiger partial charge in [0.25, 0.3) is 5.91 Å². The minimum atomic E-state index is -3.86. The number of carbonyl (C=O) groups is 1.